The highest BCUT2D eigenvalue weighted by Crippen LogP contribution is 2.28. The molecule has 1 aliphatic rings. The number of furan rings is 1. The third-order valence-electron chi connectivity index (χ3n) is 5.34. The van der Waals surface area contributed by atoms with Crippen molar-refractivity contribution < 1.29 is 42.4 Å². The average molecular weight is 538 g/mol. The number of nitrogens with one attached hydrogen (secondary N) is 2. The molecule has 0 bridgehead atoms. The summed E-state index contributed by atoms with van der Waals surface area (Å²) in [6.07, 6.45) is 1.15. The largest absolute Gasteiger partial charge is 0.483 e. The van der Waals surface area contributed by atoms with Gasteiger partial charge in [-0.1, -0.05) is 12.1 Å². The summed E-state index contributed by atoms with van der Waals surface area (Å²) in [5.74, 6) is -2.90. The van der Waals surface area contributed by atoms with Gasteiger partial charge in [-0.25, -0.2) is 14.0 Å². The van der Waals surface area contributed by atoms with Crippen LogP contribution in [0.25, 0.3) is 6.08 Å². The van der Waals surface area contributed by atoms with Crippen LogP contribution in [0.1, 0.15) is 21.9 Å². The molecule has 4 rings (SSSR count). The van der Waals surface area contributed by atoms with E-state index in [0.717, 1.165) is 29.2 Å². The van der Waals surface area contributed by atoms with Gasteiger partial charge in [-0.3, -0.25) is 24.6 Å². The second-order valence-corrected chi connectivity index (χ2v) is 7.93. The van der Waals surface area contributed by atoms with Gasteiger partial charge in [0.2, 0.25) is 5.76 Å². The number of nitrogens with zero attached hydrogens (tertiary/aromatic N) is 2. The number of imide groups is 1. The molecule has 2 aromatic carbocycles. The van der Waals surface area contributed by atoms with Crippen LogP contribution in [0.3, 0.4) is 0 Å². The number of nitro groups is 1. The van der Waals surface area contributed by atoms with Gasteiger partial charge in [-0.15, -0.1) is 0 Å². The molecule has 4 amide bonds. The van der Waals surface area contributed by atoms with Gasteiger partial charge in [-0.05, 0) is 36.4 Å². The Morgan fingerprint density at radius 2 is 1.95 bits per heavy atom. The Balaban J connectivity index is 1.53. The minimum absolute atomic E-state index is 0.0133. The van der Waals surface area contributed by atoms with Gasteiger partial charge in [0.15, 0.2) is 6.61 Å². The number of rotatable bonds is 9. The minimum atomic E-state index is -0.806. The van der Waals surface area contributed by atoms with Gasteiger partial charge in [0.25, 0.3) is 17.5 Å². The third-order valence-corrected chi connectivity index (χ3v) is 5.34. The summed E-state index contributed by atoms with van der Waals surface area (Å²) in [5.41, 5.74) is -0.628. The number of non-ortho nitro benzene ring substituents is 1. The van der Waals surface area contributed by atoms with Crippen LogP contribution in [0.2, 0.25) is 0 Å². The maximum absolute atomic E-state index is 13.8. The summed E-state index contributed by atoms with van der Waals surface area (Å²) in [5, 5.41) is 16.0. The number of hydrogen-bond acceptors (Lipinski definition) is 9. The third kappa shape index (κ3) is 6.07. The van der Waals surface area contributed by atoms with Crippen molar-refractivity contribution in [3.8, 4) is 5.75 Å². The molecule has 0 unspecified atom stereocenters. The van der Waals surface area contributed by atoms with Crippen molar-refractivity contribution >= 4 is 41.3 Å². The maximum Gasteiger partial charge on any atom is 0.373 e. The number of anilines is 1. The Hall–Kier alpha value is -5.53. The van der Waals surface area contributed by atoms with Crippen LogP contribution in [0.15, 0.2) is 64.7 Å². The molecule has 0 spiro atoms. The fourth-order valence-corrected chi connectivity index (χ4v) is 3.49. The zero-order valence-electron chi connectivity index (χ0n) is 20.1. The number of methoxy groups -OCH3 is 1. The molecule has 3 aromatic rings. The molecule has 0 aliphatic carbocycles. The second-order valence-electron chi connectivity index (χ2n) is 7.93. The first-order valence-corrected chi connectivity index (χ1v) is 11.1. The number of carbonyl (C=O) groups is 4. The number of carbonyl (C=O) groups excluding carboxylic acids is 4. The first-order chi connectivity index (χ1) is 18.7. The summed E-state index contributed by atoms with van der Waals surface area (Å²) in [7, 11) is 1.17. The second kappa shape index (κ2) is 11.2. The fourth-order valence-electron chi connectivity index (χ4n) is 3.49. The number of esters is 1. The fraction of sp³-hybridized carbons (Fsp3) is 0.120. The van der Waals surface area contributed by atoms with Crippen molar-refractivity contribution in [2.45, 2.75) is 6.54 Å². The zero-order chi connectivity index (χ0) is 28.1. The lowest BCUT2D eigenvalue weighted by Crippen LogP contribution is -2.30. The van der Waals surface area contributed by atoms with Crippen molar-refractivity contribution in [2.24, 2.45) is 0 Å². The van der Waals surface area contributed by atoms with E-state index in [1.54, 1.807) is 0 Å². The molecule has 200 valence electrons. The van der Waals surface area contributed by atoms with E-state index >= 15 is 0 Å². The van der Waals surface area contributed by atoms with Crippen molar-refractivity contribution in [1.82, 2.24) is 10.2 Å². The number of hydrogen-bond donors (Lipinski definition) is 2. The van der Waals surface area contributed by atoms with Crippen molar-refractivity contribution in [1.29, 1.82) is 0 Å². The molecule has 1 aliphatic heterocycles. The number of halogens is 1. The lowest BCUT2D eigenvalue weighted by Gasteiger charge is -2.11. The maximum atomic E-state index is 13.8. The standard InChI is InChI=1S/C25H19FN4O9/c1-37-24(33)21-9-7-16(39-21)12-29-23(32)19(28-25(29)34)11-14-10-15(30(35)36)6-8-20(14)38-13-22(31)27-18-5-3-2-4-17(18)26/h2-11H,12-13H2,1H3,(H,27,31)(H,28,34)/b19-11-. The highest BCUT2D eigenvalue weighted by atomic mass is 19.1. The van der Waals surface area contributed by atoms with E-state index in [2.05, 4.69) is 15.4 Å². The minimum Gasteiger partial charge on any atom is -0.483 e. The van der Waals surface area contributed by atoms with Gasteiger partial charge in [0, 0.05) is 17.7 Å². The number of benzene rings is 2. The molecule has 39 heavy (non-hydrogen) atoms. The smallest absolute Gasteiger partial charge is 0.373 e. The van der Waals surface area contributed by atoms with E-state index in [0.29, 0.717) is 0 Å². The molecular formula is C25H19FN4O9. The Bertz CT molecular complexity index is 1510. The molecule has 0 radical (unpaired) electrons. The van der Waals surface area contributed by atoms with E-state index < -0.39 is 41.2 Å². The van der Waals surface area contributed by atoms with Gasteiger partial charge >= 0.3 is 12.0 Å². The van der Waals surface area contributed by atoms with Crippen LogP contribution in [-0.4, -0.2) is 47.4 Å². The van der Waals surface area contributed by atoms with E-state index in [1.807, 2.05) is 0 Å². The number of ether oxygens (including phenoxy) is 2. The topological polar surface area (TPSA) is 170 Å². The van der Waals surface area contributed by atoms with Crippen LogP contribution in [0, 0.1) is 15.9 Å². The van der Waals surface area contributed by atoms with Crippen molar-refractivity contribution in [3.63, 3.8) is 0 Å². The molecule has 2 N–H and O–H groups in total. The number of urea groups is 1. The number of nitro benzene ring substituents is 1. The molecule has 1 aromatic heterocycles. The summed E-state index contributed by atoms with van der Waals surface area (Å²) in [4.78, 5) is 60.6. The number of para-hydroxylation sites is 1. The van der Waals surface area contributed by atoms with E-state index in [-0.39, 0.29) is 46.5 Å². The molecule has 14 heteroatoms. The first-order valence-electron chi connectivity index (χ1n) is 11.1. The quantitative estimate of drug-likeness (QED) is 0.136. The predicted octanol–water partition coefficient (Wildman–Crippen LogP) is 3.22. The molecule has 1 fully saturated rings. The molecule has 13 nitrogen and oxygen atoms in total. The summed E-state index contributed by atoms with van der Waals surface area (Å²) in [6, 6.07) is 10.9. The molecule has 1 saturated heterocycles. The average Bonchev–Trinajstić information content (AvgIpc) is 3.49. The van der Waals surface area contributed by atoms with E-state index in [1.165, 1.54) is 43.5 Å². The van der Waals surface area contributed by atoms with Crippen LogP contribution >= 0.6 is 0 Å². The Morgan fingerprint density at radius 1 is 1.18 bits per heavy atom. The molecular weight excluding hydrogens is 519 g/mol. The Kier molecular flexibility index (Phi) is 7.65. The van der Waals surface area contributed by atoms with Crippen molar-refractivity contribution in [3.05, 3.63) is 93.3 Å². The van der Waals surface area contributed by atoms with Gasteiger partial charge < -0.3 is 24.5 Å². The number of amides is 4. The zero-order valence-corrected chi connectivity index (χ0v) is 20.1. The highest BCUT2D eigenvalue weighted by Gasteiger charge is 2.34. The Labute approximate surface area is 218 Å². The monoisotopic (exact) mass is 538 g/mol. The van der Waals surface area contributed by atoms with E-state index in [4.69, 9.17) is 9.15 Å². The van der Waals surface area contributed by atoms with Crippen molar-refractivity contribution in [2.75, 3.05) is 19.0 Å². The normalized spacial score (nSPS) is 13.8. The summed E-state index contributed by atoms with van der Waals surface area (Å²) >= 11 is 0. The summed E-state index contributed by atoms with van der Waals surface area (Å²) < 4.78 is 29.1. The first kappa shape index (κ1) is 26.5. The Morgan fingerprint density at radius 3 is 2.67 bits per heavy atom. The highest BCUT2D eigenvalue weighted by molar-refractivity contribution is 6.14. The van der Waals surface area contributed by atoms with Crippen LogP contribution in [0.5, 0.6) is 5.75 Å². The SMILES string of the molecule is COC(=O)c1ccc(CN2C(=O)N/C(=C\c3cc([N+](=O)[O-])ccc3OCC(=O)Nc3ccccc3F)C2=O)o1. The molecule has 0 saturated carbocycles. The lowest BCUT2D eigenvalue weighted by atomic mass is 10.1. The molecule has 0 atom stereocenters. The van der Waals surface area contributed by atoms with E-state index in [9.17, 15) is 33.7 Å². The van der Waals surface area contributed by atoms with Gasteiger partial charge in [-0.2, -0.15) is 0 Å². The predicted molar refractivity (Wildman–Crippen MR) is 131 cm³/mol. The van der Waals surface area contributed by atoms with Gasteiger partial charge in [0.05, 0.1) is 24.3 Å². The van der Waals surface area contributed by atoms with Crippen LogP contribution < -0.4 is 15.4 Å². The lowest BCUT2D eigenvalue weighted by molar-refractivity contribution is -0.384. The van der Waals surface area contributed by atoms with Gasteiger partial charge in [0.1, 0.15) is 23.0 Å². The van der Waals surface area contributed by atoms with Crippen LogP contribution in [0.4, 0.5) is 20.6 Å². The van der Waals surface area contributed by atoms with Crippen LogP contribution in [-0.2, 0) is 20.9 Å². The summed E-state index contributed by atoms with van der Waals surface area (Å²) in [6.45, 7) is -0.900. The molecule has 2 heterocycles.